The van der Waals surface area contributed by atoms with Gasteiger partial charge in [-0.3, -0.25) is 14.9 Å². The van der Waals surface area contributed by atoms with Crippen LogP contribution in [0.15, 0.2) is 12.1 Å². The molecule has 1 aromatic rings. The molecule has 0 aliphatic rings. The van der Waals surface area contributed by atoms with Crippen LogP contribution >= 0.6 is 0 Å². The second-order valence-corrected chi connectivity index (χ2v) is 7.26. The van der Waals surface area contributed by atoms with Gasteiger partial charge in [-0.15, -0.1) is 0 Å². The molecule has 0 aromatic heterocycles. The minimum atomic E-state index is -0.445. The van der Waals surface area contributed by atoms with E-state index in [0.717, 1.165) is 0 Å². The lowest BCUT2D eigenvalue weighted by Crippen LogP contribution is -2.10. The first kappa shape index (κ1) is 22.9. The van der Waals surface area contributed by atoms with Crippen molar-refractivity contribution in [1.29, 1.82) is 0 Å². The predicted octanol–water partition coefficient (Wildman–Crippen LogP) is 4.72. The largest absolute Gasteiger partial charge is 0.493 e. The van der Waals surface area contributed by atoms with Crippen molar-refractivity contribution in [2.45, 2.75) is 53.6 Å². The second-order valence-electron chi connectivity index (χ2n) is 7.26. The van der Waals surface area contributed by atoms with Gasteiger partial charge >= 0.3 is 0 Å². The Labute approximate surface area is 161 Å². The van der Waals surface area contributed by atoms with Crippen LogP contribution < -0.4 is 9.47 Å². The van der Waals surface area contributed by atoms with Crippen molar-refractivity contribution in [2.75, 3.05) is 20.3 Å². The maximum absolute atomic E-state index is 11.7. The minimum Gasteiger partial charge on any atom is -0.493 e. The first-order chi connectivity index (χ1) is 12.7. The van der Waals surface area contributed by atoms with Gasteiger partial charge in [-0.25, -0.2) is 0 Å². The van der Waals surface area contributed by atoms with Crippen LogP contribution in [0, 0.1) is 22.0 Å². The first-order valence-corrected chi connectivity index (χ1v) is 9.30. The molecule has 7 heteroatoms. The summed E-state index contributed by atoms with van der Waals surface area (Å²) in [5.41, 5.74) is 0.375. The average Bonchev–Trinajstić information content (AvgIpc) is 2.61. The van der Waals surface area contributed by atoms with Gasteiger partial charge in [-0.1, -0.05) is 27.7 Å². The highest BCUT2D eigenvalue weighted by atomic mass is 16.6. The average molecular weight is 381 g/mol. The fraction of sp³-hybridized carbons (Fsp3) is 0.650. The van der Waals surface area contributed by atoms with Crippen LogP contribution in [0.5, 0.6) is 11.5 Å². The zero-order valence-corrected chi connectivity index (χ0v) is 17.1. The molecule has 27 heavy (non-hydrogen) atoms. The molecule has 152 valence electrons. The summed E-state index contributed by atoms with van der Waals surface area (Å²) < 4.78 is 16.7. The number of nitrogens with zero attached hydrogens (tertiary/aromatic N) is 1. The van der Waals surface area contributed by atoms with E-state index in [0.29, 0.717) is 42.4 Å². The molecule has 0 aliphatic carbocycles. The van der Waals surface area contributed by atoms with Crippen LogP contribution in [0.1, 0.15) is 59.1 Å². The SMILES string of the molecule is COc1cc(C(C)OCC(C)C)c([N+](=O)[O-])cc1OCCCC(=O)C(C)C. The Kier molecular flexibility index (Phi) is 9.21. The molecule has 0 saturated heterocycles. The number of benzene rings is 1. The monoisotopic (exact) mass is 381 g/mol. The number of ketones is 1. The molecule has 0 heterocycles. The Morgan fingerprint density at radius 1 is 1.15 bits per heavy atom. The van der Waals surface area contributed by atoms with Crippen molar-refractivity contribution in [3.8, 4) is 11.5 Å². The van der Waals surface area contributed by atoms with Crippen LogP contribution in [0.2, 0.25) is 0 Å². The van der Waals surface area contributed by atoms with Crippen molar-refractivity contribution in [2.24, 2.45) is 11.8 Å². The van der Waals surface area contributed by atoms with Gasteiger partial charge in [0.15, 0.2) is 11.5 Å². The summed E-state index contributed by atoms with van der Waals surface area (Å²) in [5, 5.41) is 11.5. The lowest BCUT2D eigenvalue weighted by Gasteiger charge is -2.18. The van der Waals surface area contributed by atoms with E-state index in [1.807, 2.05) is 27.7 Å². The van der Waals surface area contributed by atoms with Crippen LogP contribution in [0.3, 0.4) is 0 Å². The fourth-order valence-corrected chi connectivity index (χ4v) is 2.46. The molecule has 1 unspecified atom stereocenters. The Morgan fingerprint density at radius 2 is 1.81 bits per heavy atom. The number of Topliss-reactive ketones (excluding diaryl/α,β-unsaturated/α-hetero) is 1. The van der Waals surface area contributed by atoms with E-state index in [4.69, 9.17) is 14.2 Å². The molecule has 0 radical (unpaired) electrons. The summed E-state index contributed by atoms with van der Waals surface area (Å²) in [6.45, 7) is 10.3. The predicted molar refractivity (Wildman–Crippen MR) is 103 cm³/mol. The molecule has 0 N–H and O–H groups in total. The molecule has 0 saturated carbocycles. The van der Waals surface area contributed by atoms with Crippen LogP contribution in [0.4, 0.5) is 5.69 Å². The highest BCUT2D eigenvalue weighted by molar-refractivity contribution is 5.80. The number of nitro benzene ring substituents is 1. The number of carbonyl (C=O) groups excluding carboxylic acids is 1. The van der Waals surface area contributed by atoms with Crippen molar-refractivity contribution in [3.63, 3.8) is 0 Å². The van der Waals surface area contributed by atoms with E-state index in [9.17, 15) is 14.9 Å². The van der Waals surface area contributed by atoms with Gasteiger partial charge in [0.25, 0.3) is 5.69 Å². The lowest BCUT2D eigenvalue weighted by molar-refractivity contribution is -0.386. The maximum Gasteiger partial charge on any atom is 0.279 e. The van der Waals surface area contributed by atoms with Crippen molar-refractivity contribution in [1.82, 2.24) is 0 Å². The fourth-order valence-electron chi connectivity index (χ4n) is 2.46. The van der Waals surface area contributed by atoms with Crippen LogP contribution in [-0.2, 0) is 9.53 Å². The number of rotatable bonds is 12. The molecular weight excluding hydrogens is 350 g/mol. The summed E-state index contributed by atoms with van der Waals surface area (Å²) in [6.07, 6.45) is 0.517. The van der Waals surface area contributed by atoms with E-state index in [2.05, 4.69) is 0 Å². The molecule has 0 bridgehead atoms. The second kappa shape index (κ2) is 10.9. The van der Waals surface area contributed by atoms with E-state index < -0.39 is 11.0 Å². The number of hydrogen-bond acceptors (Lipinski definition) is 6. The van der Waals surface area contributed by atoms with E-state index in [1.54, 1.807) is 13.0 Å². The third kappa shape index (κ3) is 7.17. The zero-order valence-electron chi connectivity index (χ0n) is 17.1. The summed E-state index contributed by atoms with van der Waals surface area (Å²) in [4.78, 5) is 22.7. The standard InChI is InChI=1S/C20H31NO6/c1-13(2)12-27-15(5)16-10-19(25-6)20(11-17(16)21(23)24)26-9-7-8-18(22)14(3)4/h10-11,13-15H,7-9,12H2,1-6H3. The number of ether oxygens (including phenoxy) is 3. The van der Waals surface area contributed by atoms with Gasteiger partial charge in [0.1, 0.15) is 5.78 Å². The maximum atomic E-state index is 11.7. The third-order valence-electron chi connectivity index (χ3n) is 4.10. The van der Waals surface area contributed by atoms with E-state index >= 15 is 0 Å². The Hall–Kier alpha value is -2.15. The molecular formula is C20H31NO6. The normalized spacial score (nSPS) is 12.3. The number of nitro groups is 1. The van der Waals surface area contributed by atoms with Gasteiger partial charge in [0.05, 0.1) is 36.4 Å². The summed E-state index contributed by atoms with van der Waals surface area (Å²) in [7, 11) is 1.49. The van der Waals surface area contributed by atoms with Gasteiger partial charge in [0, 0.05) is 18.9 Å². The zero-order chi connectivity index (χ0) is 20.6. The van der Waals surface area contributed by atoms with Gasteiger partial charge in [-0.2, -0.15) is 0 Å². The molecule has 0 spiro atoms. The smallest absolute Gasteiger partial charge is 0.279 e. The summed E-state index contributed by atoms with van der Waals surface area (Å²) in [5.74, 6) is 1.19. The highest BCUT2D eigenvalue weighted by Gasteiger charge is 2.24. The molecule has 1 rings (SSSR count). The Bertz CT molecular complexity index is 642. The Morgan fingerprint density at radius 3 is 2.33 bits per heavy atom. The van der Waals surface area contributed by atoms with Gasteiger partial charge < -0.3 is 14.2 Å². The van der Waals surface area contributed by atoms with Gasteiger partial charge in [-0.05, 0) is 25.3 Å². The number of carbonyl (C=O) groups is 1. The van der Waals surface area contributed by atoms with Crippen LogP contribution in [0.25, 0.3) is 0 Å². The molecule has 0 aliphatic heterocycles. The first-order valence-electron chi connectivity index (χ1n) is 9.30. The molecule has 0 fully saturated rings. The van der Waals surface area contributed by atoms with Crippen LogP contribution in [-0.4, -0.2) is 31.0 Å². The molecule has 1 aromatic carbocycles. The van der Waals surface area contributed by atoms with E-state index in [-0.39, 0.29) is 24.0 Å². The lowest BCUT2D eigenvalue weighted by atomic mass is 10.1. The molecule has 7 nitrogen and oxygen atoms in total. The number of methoxy groups -OCH3 is 1. The molecule has 1 atom stereocenters. The summed E-state index contributed by atoms with van der Waals surface area (Å²) >= 11 is 0. The highest BCUT2D eigenvalue weighted by Crippen LogP contribution is 2.38. The summed E-state index contributed by atoms with van der Waals surface area (Å²) in [6, 6.07) is 2.96. The van der Waals surface area contributed by atoms with Crippen molar-refractivity contribution in [3.05, 3.63) is 27.8 Å². The molecule has 0 amide bonds. The van der Waals surface area contributed by atoms with Crippen molar-refractivity contribution >= 4 is 11.5 Å². The van der Waals surface area contributed by atoms with Gasteiger partial charge in [0.2, 0.25) is 0 Å². The van der Waals surface area contributed by atoms with Crippen molar-refractivity contribution < 1.29 is 23.9 Å². The third-order valence-corrected chi connectivity index (χ3v) is 4.10. The Balaban J connectivity index is 2.94. The van der Waals surface area contributed by atoms with E-state index in [1.165, 1.54) is 13.2 Å². The quantitative estimate of drug-likeness (QED) is 0.296. The topological polar surface area (TPSA) is 87.9 Å². The number of hydrogen-bond donors (Lipinski definition) is 0. The minimum absolute atomic E-state index is 0.00719.